The standard InChI is InChI=1S/C23H28ClN5O4/c1-23(13-31)8-15-6-18(19(7-20(15)33-23)28-4-2-14(12-30)3-5-28)27-22(32)17-10-26-29-11-16(24)9-25-21(17)29/h7,9-11,14,18,30-31H,2-6,8,12-13H2,1H3,(H,27,32)/t18?,23-/m1/s1. The van der Waals surface area contributed by atoms with E-state index in [9.17, 15) is 15.0 Å². The molecule has 0 aromatic carbocycles. The summed E-state index contributed by atoms with van der Waals surface area (Å²) in [6.07, 6.45) is 9.65. The van der Waals surface area contributed by atoms with Gasteiger partial charge in [-0.1, -0.05) is 11.6 Å². The van der Waals surface area contributed by atoms with Crippen molar-refractivity contribution in [3.05, 3.63) is 52.3 Å². The molecule has 0 saturated carbocycles. The van der Waals surface area contributed by atoms with Gasteiger partial charge in [0.2, 0.25) is 0 Å². The van der Waals surface area contributed by atoms with E-state index in [4.69, 9.17) is 16.3 Å². The van der Waals surface area contributed by atoms with E-state index in [0.29, 0.717) is 35.0 Å². The Morgan fingerprint density at radius 1 is 1.33 bits per heavy atom. The van der Waals surface area contributed by atoms with Crippen molar-refractivity contribution in [2.75, 3.05) is 26.3 Å². The van der Waals surface area contributed by atoms with Crippen molar-refractivity contribution in [1.29, 1.82) is 0 Å². The Labute approximate surface area is 196 Å². The van der Waals surface area contributed by atoms with Crippen LogP contribution in [0.15, 0.2) is 41.7 Å². The van der Waals surface area contributed by atoms with E-state index in [1.54, 1.807) is 6.20 Å². The Hall–Kier alpha value is -2.62. The fraction of sp³-hybridized carbons (Fsp3) is 0.522. The minimum Gasteiger partial charge on any atom is -0.485 e. The number of piperidine rings is 1. The van der Waals surface area contributed by atoms with Crippen LogP contribution in [0.2, 0.25) is 5.02 Å². The van der Waals surface area contributed by atoms with Crippen molar-refractivity contribution in [2.24, 2.45) is 5.92 Å². The maximum absolute atomic E-state index is 13.3. The van der Waals surface area contributed by atoms with Crippen LogP contribution in [0.25, 0.3) is 5.65 Å². The number of fused-ring (bicyclic) bond motifs is 1. The molecule has 0 spiro atoms. The molecular formula is C23H28ClN5O4. The third-order valence-corrected chi connectivity index (χ3v) is 7.02. The topological polar surface area (TPSA) is 112 Å². The number of ether oxygens (including phenoxy) is 1. The van der Waals surface area contributed by atoms with Crippen LogP contribution in [-0.4, -0.2) is 73.6 Å². The molecule has 2 aromatic rings. The molecular weight excluding hydrogens is 446 g/mol. The van der Waals surface area contributed by atoms with Crippen molar-refractivity contribution in [2.45, 2.75) is 44.2 Å². The number of hydrogen-bond donors (Lipinski definition) is 3. The van der Waals surface area contributed by atoms with Crippen LogP contribution in [0.4, 0.5) is 0 Å². The molecule has 1 unspecified atom stereocenters. The Morgan fingerprint density at radius 3 is 2.85 bits per heavy atom. The van der Waals surface area contributed by atoms with Gasteiger partial charge in [0.25, 0.3) is 5.91 Å². The second kappa shape index (κ2) is 8.62. The first-order chi connectivity index (χ1) is 15.9. The van der Waals surface area contributed by atoms with Crippen LogP contribution in [0.1, 0.15) is 43.0 Å². The number of halogens is 1. The molecule has 4 heterocycles. The first kappa shape index (κ1) is 22.2. The summed E-state index contributed by atoms with van der Waals surface area (Å²) in [6.45, 7) is 3.64. The van der Waals surface area contributed by atoms with Gasteiger partial charge in [-0.3, -0.25) is 4.79 Å². The molecule has 3 aliphatic rings. The predicted octanol–water partition coefficient (Wildman–Crippen LogP) is 1.90. The van der Waals surface area contributed by atoms with E-state index in [1.165, 1.54) is 16.9 Å². The number of aliphatic hydroxyl groups is 2. The van der Waals surface area contributed by atoms with Gasteiger partial charge in [-0.05, 0) is 37.7 Å². The lowest BCUT2D eigenvalue weighted by molar-refractivity contribution is -0.00296. The van der Waals surface area contributed by atoms with E-state index in [-0.39, 0.29) is 25.2 Å². The summed E-state index contributed by atoms with van der Waals surface area (Å²) in [5, 5.41) is 27.1. The van der Waals surface area contributed by atoms with E-state index in [2.05, 4.69) is 20.3 Å². The number of carbonyl (C=O) groups is 1. The van der Waals surface area contributed by atoms with Crippen molar-refractivity contribution >= 4 is 23.2 Å². The molecule has 10 heteroatoms. The quantitative estimate of drug-likeness (QED) is 0.608. The van der Waals surface area contributed by atoms with Gasteiger partial charge in [0.05, 0.1) is 30.1 Å². The van der Waals surface area contributed by atoms with E-state index in [0.717, 1.165) is 43.0 Å². The largest absolute Gasteiger partial charge is 0.485 e. The second-order valence-electron chi connectivity index (χ2n) is 9.37. The molecule has 0 bridgehead atoms. The Kier molecular flexibility index (Phi) is 5.80. The summed E-state index contributed by atoms with van der Waals surface area (Å²) in [7, 11) is 0. The summed E-state index contributed by atoms with van der Waals surface area (Å²) in [5.74, 6) is 0.850. The first-order valence-electron chi connectivity index (χ1n) is 11.3. The molecule has 1 fully saturated rings. The normalized spacial score (nSPS) is 25.8. The lowest BCUT2D eigenvalue weighted by Crippen LogP contribution is -2.46. The second-order valence-corrected chi connectivity index (χ2v) is 9.80. The number of likely N-dealkylation sites (tertiary alicyclic amines) is 1. The fourth-order valence-electron chi connectivity index (χ4n) is 4.95. The molecule has 33 heavy (non-hydrogen) atoms. The minimum absolute atomic E-state index is 0.0707. The predicted molar refractivity (Wildman–Crippen MR) is 122 cm³/mol. The number of rotatable bonds is 5. The summed E-state index contributed by atoms with van der Waals surface area (Å²) in [4.78, 5) is 19.8. The third-order valence-electron chi connectivity index (χ3n) is 6.83. The Balaban J connectivity index is 1.41. The van der Waals surface area contributed by atoms with E-state index < -0.39 is 5.60 Å². The van der Waals surface area contributed by atoms with Crippen LogP contribution in [0.3, 0.4) is 0 Å². The summed E-state index contributed by atoms with van der Waals surface area (Å²) in [6, 6.07) is -0.242. The van der Waals surface area contributed by atoms with Crippen LogP contribution in [0.5, 0.6) is 0 Å². The van der Waals surface area contributed by atoms with Crippen molar-refractivity contribution < 1.29 is 19.7 Å². The van der Waals surface area contributed by atoms with Crippen molar-refractivity contribution in [3.8, 4) is 0 Å². The van der Waals surface area contributed by atoms with Gasteiger partial charge >= 0.3 is 0 Å². The van der Waals surface area contributed by atoms with Gasteiger partial charge in [-0.15, -0.1) is 0 Å². The monoisotopic (exact) mass is 473 g/mol. The molecule has 9 nitrogen and oxygen atoms in total. The first-order valence-corrected chi connectivity index (χ1v) is 11.7. The number of aliphatic hydroxyl groups excluding tert-OH is 2. The molecule has 1 saturated heterocycles. The number of hydrogen-bond acceptors (Lipinski definition) is 7. The maximum Gasteiger partial charge on any atom is 0.257 e. The smallest absolute Gasteiger partial charge is 0.257 e. The van der Waals surface area contributed by atoms with Crippen LogP contribution in [-0.2, 0) is 4.74 Å². The van der Waals surface area contributed by atoms with Gasteiger partial charge < -0.3 is 25.2 Å². The Morgan fingerprint density at radius 2 is 2.12 bits per heavy atom. The number of nitrogens with zero attached hydrogens (tertiary/aromatic N) is 4. The number of nitrogens with one attached hydrogen (secondary N) is 1. The van der Waals surface area contributed by atoms with Gasteiger partial charge in [-0.25, -0.2) is 9.50 Å². The van der Waals surface area contributed by atoms with Crippen LogP contribution in [0, 0.1) is 5.92 Å². The molecule has 5 rings (SSSR count). The van der Waals surface area contributed by atoms with Gasteiger partial charge in [0, 0.05) is 44.1 Å². The molecule has 2 atom stereocenters. The molecule has 176 valence electrons. The van der Waals surface area contributed by atoms with E-state index in [1.807, 2.05) is 13.0 Å². The van der Waals surface area contributed by atoms with E-state index >= 15 is 0 Å². The highest BCUT2D eigenvalue weighted by molar-refractivity contribution is 6.30. The van der Waals surface area contributed by atoms with Crippen molar-refractivity contribution in [3.63, 3.8) is 0 Å². The molecule has 1 amide bonds. The number of amides is 1. The summed E-state index contributed by atoms with van der Waals surface area (Å²) in [5.41, 5.74) is 2.27. The molecule has 2 aliphatic heterocycles. The average molecular weight is 474 g/mol. The zero-order valence-corrected chi connectivity index (χ0v) is 19.3. The molecule has 0 radical (unpaired) electrons. The average Bonchev–Trinajstić information content (AvgIpc) is 3.38. The summed E-state index contributed by atoms with van der Waals surface area (Å²) >= 11 is 5.99. The van der Waals surface area contributed by atoms with Crippen molar-refractivity contribution in [1.82, 2.24) is 24.8 Å². The highest BCUT2D eigenvalue weighted by Gasteiger charge is 2.40. The van der Waals surface area contributed by atoms with Gasteiger partial charge in [0.1, 0.15) is 16.9 Å². The summed E-state index contributed by atoms with van der Waals surface area (Å²) < 4.78 is 7.59. The lowest BCUT2D eigenvalue weighted by atomic mass is 9.89. The van der Waals surface area contributed by atoms with Crippen LogP contribution >= 0.6 is 11.6 Å². The Bertz CT molecular complexity index is 1140. The number of aromatic nitrogens is 3. The zero-order chi connectivity index (χ0) is 23.2. The number of carbonyl (C=O) groups excluding carboxylic acids is 1. The van der Waals surface area contributed by atoms with Gasteiger partial charge in [-0.2, -0.15) is 5.10 Å². The third kappa shape index (κ3) is 4.20. The SMILES string of the molecule is C[C@]1(CO)CC2=C(C=C(N3CCC(CO)CC3)C(NC(=O)c3cnn4cc(Cl)cnc34)C2)O1. The maximum atomic E-state index is 13.3. The number of allylic oxidation sites excluding steroid dienone is 1. The molecule has 2 aromatic heterocycles. The fourth-order valence-corrected chi connectivity index (χ4v) is 5.09. The molecule has 3 N–H and O–H groups in total. The molecule has 1 aliphatic carbocycles. The highest BCUT2D eigenvalue weighted by atomic mass is 35.5. The minimum atomic E-state index is -0.638. The zero-order valence-electron chi connectivity index (χ0n) is 18.5. The van der Waals surface area contributed by atoms with Gasteiger partial charge in [0.15, 0.2) is 5.65 Å². The highest BCUT2D eigenvalue weighted by Crippen LogP contribution is 2.41. The van der Waals surface area contributed by atoms with Crippen LogP contribution < -0.4 is 5.32 Å². The lowest BCUT2D eigenvalue weighted by Gasteiger charge is -2.39.